The lowest BCUT2D eigenvalue weighted by molar-refractivity contribution is -0.129. The summed E-state index contributed by atoms with van der Waals surface area (Å²) in [7, 11) is 0. The molecule has 0 atom stereocenters. The van der Waals surface area contributed by atoms with Crippen molar-refractivity contribution >= 4 is 12.0 Å². The summed E-state index contributed by atoms with van der Waals surface area (Å²) in [5, 5.41) is 9.22. The van der Waals surface area contributed by atoms with Crippen LogP contribution < -0.4 is 0 Å². The van der Waals surface area contributed by atoms with Crippen molar-refractivity contribution in [2.24, 2.45) is 0 Å². The maximum Gasteiger partial charge on any atom is 0.414 e. The number of imide groups is 1. The fourth-order valence-corrected chi connectivity index (χ4v) is 3.37. The number of carboxylic acid groups (broad SMARTS) is 1. The molecule has 0 aliphatic heterocycles. The van der Waals surface area contributed by atoms with Gasteiger partial charge in [0.2, 0.25) is 5.91 Å². The Morgan fingerprint density at radius 3 is 2.41 bits per heavy atom. The normalized spacial score (nSPS) is 15.8. The van der Waals surface area contributed by atoms with Crippen LogP contribution in [0.3, 0.4) is 0 Å². The van der Waals surface area contributed by atoms with Gasteiger partial charge >= 0.3 is 6.09 Å². The van der Waals surface area contributed by atoms with E-state index in [9.17, 15) is 14.7 Å². The van der Waals surface area contributed by atoms with E-state index in [1.807, 2.05) is 18.2 Å². The second-order valence-corrected chi connectivity index (χ2v) is 6.35. The monoisotopic (exact) mass is 303 g/mol. The molecule has 1 aromatic rings. The van der Waals surface area contributed by atoms with Gasteiger partial charge in [-0.2, -0.15) is 0 Å². The van der Waals surface area contributed by atoms with Gasteiger partial charge in [-0.25, -0.2) is 9.69 Å². The molecule has 0 saturated heterocycles. The topological polar surface area (TPSA) is 57.6 Å². The molecular weight excluding hydrogens is 278 g/mol. The molecule has 1 aromatic carbocycles. The molecule has 0 unspecified atom stereocenters. The first-order valence-corrected chi connectivity index (χ1v) is 8.13. The molecule has 1 fully saturated rings. The molecule has 0 radical (unpaired) electrons. The summed E-state index contributed by atoms with van der Waals surface area (Å²) in [5.41, 5.74) is 2.20. The molecule has 1 aliphatic carbocycles. The van der Waals surface area contributed by atoms with Crippen LogP contribution in [-0.2, 0) is 11.2 Å². The standard InChI is InChI=1S/C18H25NO3/c1-13(2)19(18(21)22)17(20)12-15-10-6-7-11-16(15)14-8-4-3-5-9-14/h6-7,10-11,13-14H,3-5,8-9,12H2,1-2H3,(H,21,22). The Labute approximate surface area is 132 Å². The van der Waals surface area contributed by atoms with E-state index in [1.165, 1.54) is 24.8 Å². The lowest BCUT2D eigenvalue weighted by atomic mass is 9.81. The first kappa shape index (κ1) is 16.5. The highest BCUT2D eigenvalue weighted by Gasteiger charge is 2.25. The molecule has 4 heteroatoms. The highest BCUT2D eigenvalue weighted by atomic mass is 16.4. The molecule has 4 nitrogen and oxygen atoms in total. The highest BCUT2D eigenvalue weighted by Crippen LogP contribution is 2.34. The highest BCUT2D eigenvalue weighted by molar-refractivity contribution is 5.92. The third kappa shape index (κ3) is 3.87. The van der Waals surface area contributed by atoms with E-state index >= 15 is 0 Å². The van der Waals surface area contributed by atoms with Gasteiger partial charge in [-0.15, -0.1) is 0 Å². The first-order valence-electron chi connectivity index (χ1n) is 8.13. The summed E-state index contributed by atoms with van der Waals surface area (Å²) < 4.78 is 0. The second-order valence-electron chi connectivity index (χ2n) is 6.35. The Bertz CT molecular complexity index is 533. The van der Waals surface area contributed by atoms with Crippen LogP contribution in [-0.4, -0.2) is 28.0 Å². The predicted octanol–water partition coefficient (Wildman–Crippen LogP) is 4.19. The van der Waals surface area contributed by atoms with Gasteiger partial charge in [0, 0.05) is 6.04 Å². The van der Waals surface area contributed by atoms with E-state index in [1.54, 1.807) is 13.8 Å². The van der Waals surface area contributed by atoms with Gasteiger partial charge in [-0.05, 0) is 43.7 Å². The number of rotatable bonds is 4. The average Bonchev–Trinajstić information content (AvgIpc) is 2.48. The molecule has 1 saturated carbocycles. The SMILES string of the molecule is CC(C)N(C(=O)O)C(=O)Cc1ccccc1C1CCCCC1. The molecule has 2 amide bonds. The minimum absolute atomic E-state index is 0.164. The maximum atomic E-state index is 12.4. The molecular formula is C18H25NO3. The lowest BCUT2D eigenvalue weighted by Crippen LogP contribution is -2.42. The predicted molar refractivity (Wildman–Crippen MR) is 86.0 cm³/mol. The zero-order chi connectivity index (χ0) is 16.1. The third-order valence-corrected chi connectivity index (χ3v) is 4.43. The van der Waals surface area contributed by atoms with E-state index < -0.39 is 6.09 Å². The Kier molecular flexibility index (Phi) is 5.58. The van der Waals surface area contributed by atoms with Gasteiger partial charge in [-0.1, -0.05) is 43.5 Å². The molecule has 2 rings (SSSR count). The number of benzene rings is 1. The summed E-state index contributed by atoms with van der Waals surface area (Å²) in [6, 6.07) is 7.65. The summed E-state index contributed by atoms with van der Waals surface area (Å²) in [4.78, 5) is 24.6. The van der Waals surface area contributed by atoms with Crippen LogP contribution in [0.25, 0.3) is 0 Å². The molecule has 0 heterocycles. The summed E-state index contributed by atoms with van der Waals surface area (Å²) in [6.07, 6.45) is 5.08. The quantitative estimate of drug-likeness (QED) is 0.907. The van der Waals surface area contributed by atoms with Crippen molar-refractivity contribution < 1.29 is 14.7 Å². The van der Waals surface area contributed by atoms with Crippen molar-refractivity contribution in [1.82, 2.24) is 4.90 Å². The van der Waals surface area contributed by atoms with Crippen LogP contribution >= 0.6 is 0 Å². The number of hydrogen-bond acceptors (Lipinski definition) is 2. The Morgan fingerprint density at radius 2 is 1.82 bits per heavy atom. The zero-order valence-corrected chi connectivity index (χ0v) is 13.4. The van der Waals surface area contributed by atoms with Gasteiger partial charge in [0.25, 0.3) is 0 Å². The summed E-state index contributed by atoms with van der Waals surface area (Å²) >= 11 is 0. The Balaban J connectivity index is 2.18. The van der Waals surface area contributed by atoms with Crippen LogP contribution in [0.15, 0.2) is 24.3 Å². The van der Waals surface area contributed by atoms with Gasteiger partial charge < -0.3 is 5.11 Å². The summed E-state index contributed by atoms with van der Waals surface area (Å²) in [5.74, 6) is 0.167. The van der Waals surface area contributed by atoms with Gasteiger partial charge in [-0.3, -0.25) is 4.79 Å². The smallest absolute Gasteiger partial charge is 0.414 e. The van der Waals surface area contributed by atoms with Crippen molar-refractivity contribution in [2.75, 3.05) is 0 Å². The van der Waals surface area contributed by atoms with E-state index in [0.29, 0.717) is 5.92 Å². The maximum absolute atomic E-state index is 12.4. The first-order chi connectivity index (χ1) is 10.5. The summed E-state index contributed by atoms with van der Waals surface area (Å²) in [6.45, 7) is 3.44. The van der Waals surface area contributed by atoms with Crippen molar-refractivity contribution in [3.63, 3.8) is 0 Å². The van der Waals surface area contributed by atoms with Crippen LogP contribution in [0.1, 0.15) is 63.0 Å². The van der Waals surface area contributed by atoms with Crippen LogP contribution in [0.2, 0.25) is 0 Å². The Hall–Kier alpha value is -1.84. The molecule has 0 aromatic heterocycles. The van der Waals surface area contributed by atoms with Gasteiger partial charge in [0.15, 0.2) is 0 Å². The van der Waals surface area contributed by atoms with E-state index in [4.69, 9.17) is 0 Å². The van der Waals surface area contributed by atoms with Crippen LogP contribution in [0.5, 0.6) is 0 Å². The Morgan fingerprint density at radius 1 is 1.18 bits per heavy atom. The van der Waals surface area contributed by atoms with Crippen molar-refractivity contribution in [3.8, 4) is 0 Å². The van der Waals surface area contributed by atoms with Crippen molar-refractivity contribution in [3.05, 3.63) is 35.4 Å². The molecule has 0 spiro atoms. The number of hydrogen-bond donors (Lipinski definition) is 1. The number of nitrogens with zero attached hydrogens (tertiary/aromatic N) is 1. The van der Waals surface area contributed by atoms with Crippen molar-refractivity contribution in [2.45, 2.75) is 64.3 Å². The molecule has 120 valence electrons. The molecule has 22 heavy (non-hydrogen) atoms. The molecule has 0 bridgehead atoms. The van der Waals surface area contributed by atoms with Gasteiger partial charge in [0.1, 0.15) is 0 Å². The van der Waals surface area contributed by atoms with E-state index in [-0.39, 0.29) is 18.4 Å². The largest absolute Gasteiger partial charge is 0.465 e. The average molecular weight is 303 g/mol. The minimum Gasteiger partial charge on any atom is -0.465 e. The number of carbonyl (C=O) groups excluding carboxylic acids is 1. The number of carbonyl (C=O) groups is 2. The van der Waals surface area contributed by atoms with Crippen molar-refractivity contribution in [1.29, 1.82) is 0 Å². The minimum atomic E-state index is -1.17. The molecule has 1 aliphatic rings. The van der Waals surface area contributed by atoms with E-state index in [0.717, 1.165) is 23.3 Å². The second kappa shape index (κ2) is 7.43. The fraction of sp³-hybridized carbons (Fsp3) is 0.556. The third-order valence-electron chi connectivity index (χ3n) is 4.43. The molecule has 1 N–H and O–H groups in total. The zero-order valence-electron chi connectivity index (χ0n) is 13.4. The van der Waals surface area contributed by atoms with Crippen LogP contribution in [0.4, 0.5) is 4.79 Å². The van der Waals surface area contributed by atoms with Gasteiger partial charge in [0.05, 0.1) is 6.42 Å². The number of amides is 2. The van der Waals surface area contributed by atoms with E-state index in [2.05, 4.69) is 6.07 Å². The fourth-order valence-electron chi connectivity index (χ4n) is 3.37. The van der Waals surface area contributed by atoms with Crippen LogP contribution in [0, 0.1) is 0 Å². The lowest BCUT2D eigenvalue weighted by Gasteiger charge is -2.26.